The van der Waals surface area contributed by atoms with Crippen molar-refractivity contribution in [3.63, 3.8) is 0 Å². The molecule has 1 saturated carbocycles. The molecule has 1 saturated heterocycles. The molecule has 0 N–H and O–H groups in total. The van der Waals surface area contributed by atoms with Gasteiger partial charge in [-0.15, -0.1) is 6.58 Å². The van der Waals surface area contributed by atoms with E-state index in [2.05, 4.69) is 27.0 Å². The third-order valence-electron chi connectivity index (χ3n) is 5.18. The Kier molecular flexibility index (Phi) is 5.49. The Hall–Kier alpha value is -1.09. The summed E-state index contributed by atoms with van der Waals surface area (Å²) in [5.41, 5.74) is 2.33. The largest absolute Gasteiger partial charge is 0.464 e. The summed E-state index contributed by atoms with van der Waals surface area (Å²) in [5.74, 6) is 1.27. The highest BCUT2D eigenvalue weighted by atomic mass is 16.6. The molecular weight excluding hydrogens is 276 g/mol. The van der Waals surface area contributed by atoms with Gasteiger partial charge in [0.2, 0.25) is 0 Å². The molecule has 0 bridgehead atoms. The van der Waals surface area contributed by atoms with Gasteiger partial charge >= 0.3 is 5.97 Å². The van der Waals surface area contributed by atoms with Crippen LogP contribution in [0.3, 0.4) is 0 Å². The van der Waals surface area contributed by atoms with Gasteiger partial charge in [0.1, 0.15) is 0 Å². The first-order valence-electron chi connectivity index (χ1n) is 8.50. The van der Waals surface area contributed by atoms with Gasteiger partial charge in [0, 0.05) is 11.8 Å². The van der Waals surface area contributed by atoms with E-state index in [9.17, 15) is 4.79 Å². The number of carbonyl (C=O) groups is 1. The summed E-state index contributed by atoms with van der Waals surface area (Å²) in [5, 5.41) is 0. The summed E-state index contributed by atoms with van der Waals surface area (Å²) in [6.45, 7) is 17.0. The zero-order chi connectivity index (χ0) is 16.4. The minimum absolute atomic E-state index is 0.0194. The van der Waals surface area contributed by atoms with Crippen LogP contribution in [-0.2, 0) is 14.3 Å². The molecule has 0 aromatic heterocycles. The van der Waals surface area contributed by atoms with Crippen molar-refractivity contribution in [1.29, 1.82) is 0 Å². The Bertz CT molecular complexity index is 452. The number of hydrogen-bond donors (Lipinski definition) is 0. The van der Waals surface area contributed by atoms with Gasteiger partial charge < -0.3 is 9.47 Å². The highest BCUT2D eigenvalue weighted by molar-refractivity contribution is 5.76. The van der Waals surface area contributed by atoms with Gasteiger partial charge in [-0.1, -0.05) is 31.6 Å². The van der Waals surface area contributed by atoms with E-state index in [0.29, 0.717) is 18.4 Å². The van der Waals surface area contributed by atoms with Crippen molar-refractivity contribution in [1.82, 2.24) is 0 Å². The molecule has 124 valence electrons. The molecule has 0 aromatic rings. The zero-order valence-electron chi connectivity index (χ0n) is 14.4. The van der Waals surface area contributed by atoms with E-state index < -0.39 is 6.10 Å². The van der Waals surface area contributed by atoms with Gasteiger partial charge in [-0.05, 0) is 44.9 Å². The Morgan fingerprint density at radius 1 is 1.45 bits per heavy atom. The molecule has 1 aliphatic carbocycles. The lowest BCUT2D eigenvalue weighted by Gasteiger charge is -2.39. The predicted octanol–water partition coefficient (Wildman–Crippen LogP) is 4.14. The summed E-state index contributed by atoms with van der Waals surface area (Å²) in [7, 11) is 0. The smallest absolute Gasteiger partial charge is 0.335 e. The van der Waals surface area contributed by atoms with Crippen molar-refractivity contribution in [3.8, 4) is 0 Å². The molecule has 0 aromatic carbocycles. The molecule has 3 nitrogen and oxygen atoms in total. The molecule has 5 atom stereocenters. The first-order valence-corrected chi connectivity index (χ1v) is 8.50. The molecule has 0 spiro atoms. The van der Waals surface area contributed by atoms with Crippen LogP contribution in [0.25, 0.3) is 0 Å². The minimum atomic E-state index is -0.446. The summed E-state index contributed by atoms with van der Waals surface area (Å²) >= 11 is 0. The van der Waals surface area contributed by atoms with E-state index in [-0.39, 0.29) is 23.9 Å². The molecule has 0 amide bonds. The van der Waals surface area contributed by atoms with E-state index in [4.69, 9.17) is 9.47 Å². The summed E-state index contributed by atoms with van der Waals surface area (Å²) in [4.78, 5) is 12.4. The highest BCUT2D eigenvalue weighted by Gasteiger charge is 2.54. The molecule has 3 heteroatoms. The van der Waals surface area contributed by atoms with E-state index in [1.165, 1.54) is 5.57 Å². The Morgan fingerprint density at radius 2 is 2.14 bits per heavy atom. The maximum Gasteiger partial charge on any atom is 0.335 e. The second-order valence-corrected chi connectivity index (χ2v) is 7.22. The molecule has 1 heterocycles. The predicted molar refractivity (Wildman–Crippen MR) is 88.4 cm³/mol. The van der Waals surface area contributed by atoms with Crippen LogP contribution in [0.4, 0.5) is 0 Å². The van der Waals surface area contributed by atoms with Crippen LogP contribution in [0.15, 0.2) is 24.3 Å². The fourth-order valence-electron chi connectivity index (χ4n) is 4.27. The Labute approximate surface area is 134 Å². The third kappa shape index (κ3) is 3.29. The SMILES string of the molecule is C=C(C)C[C@H]1O[C@@H](C(=O)OCC)C2C1C(=C)CC[C@@H]2C(C)C. The van der Waals surface area contributed by atoms with Gasteiger partial charge in [0.25, 0.3) is 0 Å². The van der Waals surface area contributed by atoms with E-state index in [0.717, 1.165) is 24.8 Å². The lowest BCUT2D eigenvalue weighted by molar-refractivity contribution is -0.158. The fourth-order valence-corrected chi connectivity index (χ4v) is 4.27. The molecule has 0 radical (unpaired) electrons. The summed E-state index contributed by atoms with van der Waals surface area (Å²) < 4.78 is 11.5. The van der Waals surface area contributed by atoms with E-state index >= 15 is 0 Å². The molecule has 2 unspecified atom stereocenters. The minimum Gasteiger partial charge on any atom is -0.464 e. The third-order valence-corrected chi connectivity index (χ3v) is 5.18. The lowest BCUT2D eigenvalue weighted by Crippen LogP contribution is -2.40. The quantitative estimate of drug-likeness (QED) is 0.566. The number of fused-ring (bicyclic) bond motifs is 1. The van der Waals surface area contributed by atoms with Crippen molar-refractivity contribution in [2.24, 2.45) is 23.7 Å². The van der Waals surface area contributed by atoms with E-state index in [1.807, 2.05) is 13.8 Å². The highest BCUT2D eigenvalue weighted by Crippen LogP contribution is 2.51. The van der Waals surface area contributed by atoms with Crippen molar-refractivity contribution >= 4 is 5.97 Å². The Balaban J connectivity index is 2.32. The van der Waals surface area contributed by atoms with Crippen LogP contribution in [0, 0.1) is 23.7 Å². The molecule has 2 fully saturated rings. The molecular formula is C19H30O3. The fraction of sp³-hybridized carbons (Fsp3) is 0.737. The maximum atomic E-state index is 12.4. The van der Waals surface area contributed by atoms with Crippen molar-refractivity contribution in [2.75, 3.05) is 6.61 Å². The van der Waals surface area contributed by atoms with Gasteiger partial charge in [-0.2, -0.15) is 0 Å². The van der Waals surface area contributed by atoms with Crippen LogP contribution >= 0.6 is 0 Å². The first kappa shape index (κ1) is 17.3. The van der Waals surface area contributed by atoms with Gasteiger partial charge in [0.05, 0.1) is 12.7 Å². The van der Waals surface area contributed by atoms with Crippen LogP contribution in [0.1, 0.15) is 47.0 Å². The number of hydrogen-bond acceptors (Lipinski definition) is 3. The van der Waals surface area contributed by atoms with Crippen LogP contribution in [0.5, 0.6) is 0 Å². The monoisotopic (exact) mass is 306 g/mol. The molecule has 1 aliphatic heterocycles. The second kappa shape index (κ2) is 6.99. The topological polar surface area (TPSA) is 35.5 Å². The molecule has 22 heavy (non-hydrogen) atoms. The number of rotatable bonds is 5. The second-order valence-electron chi connectivity index (χ2n) is 7.22. The van der Waals surface area contributed by atoms with Gasteiger partial charge in [-0.3, -0.25) is 0 Å². The number of carbonyl (C=O) groups excluding carboxylic acids is 1. The standard InChI is InChI=1S/C19H30O3/c1-7-21-19(20)18-17-14(12(4)5)9-8-13(6)16(17)15(22-18)10-11(2)3/h12,14-18H,2,6-10H2,1,3-5H3/t14-,15-,16?,17?,18-/m1/s1. The number of esters is 1. The summed E-state index contributed by atoms with van der Waals surface area (Å²) in [6, 6.07) is 0. The Morgan fingerprint density at radius 3 is 2.68 bits per heavy atom. The lowest BCUT2D eigenvalue weighted by atomic mass is 9.63. The van der Waals surface area contributed by atoms with Crippen LogP contribution in [-0.4, -0.2) is 24.8 Å². The van der Waals surface area contributed by atoms with Crippen molar-refractivity contribution < 1.29 is 14.3 Å². The van der Waals surface area contributed by atoms with E-state index in [1.54, 1.807) is 0 Å². The molecule has 2 aliphatic rings. The van der Waals surface area contributed by atoms with Gasteiger partial charge in [-0.25, -0.2) is 4.79 Å². The summed E-state index contributed by atoms with van der Waals surface area (Å²) in [6.07, 6.45) is 2.50. The van der Waals surface area contributed by atoms with Crippen molar-refractivity contribution in [2.45, 2.75) is 59.2 Å². The van der Waals surface area contributed by atoms with Crippen molar-refractivity contribution in [3.05, 3.63) is 24.3 Å². The maximum absolute atomic E-state index is 12.4. The van der Waals surface area contributed by atoms with Crippen LogP contribution < -0.4 is 0 Å². The zero-order valence-corrected chi connectivity index (χ0v) is 14.4. The first-order chi connectivity index (χ1) is 10.4. The number of ether oxygens (including phenoxy) is 2. The molecule has 2 rings (SSSR count). The average Bonchev–Trinajstić information content (AvgIpc) is 2.78. The van der Waals surface area contributed by atoms with Crippen LogP contribution in [0.2, 0.25) is 0 Å². The van der Waals surface area contributed by atoms with Gasteiger partial charge in [0.15, 0.2) is 6.10 Å². The average molecular weight is 306 g/mol. The normalized spacial score (nSPS) is 34.6.